The first-order valence-electron chi connectivity index (χ1n) is 15.3. The van der Waals surface area contributed by atoms with E-state index in [1.54, 1.807) is 20.1 Å². The quantitative estimate of drug-likeness (QED) is 0.527. The Morgan fingerprint density at radius 2 is 1.93 bits per heavy atom. The number of methoxy groups -OCH3 is 1. The number of alkyl halides is 1. The van der Waals surface area contributed by atoms with Crippen molar-refractivity contribution in [2.45, 2.75) is 110 Å². The molecule has 1 aromatic carbocycles. The zero-order valence-electron chi connectivity index (χ0n) is 25.9. The van der Waals surface area contributed by atoms with Gasteiger partial charge in [-0.2, -0.15) is 0 Å². The number of ketones is 1. The van der Waals surface area contributed by atoms with Crippen LogP contribution in [-0.2, 0) is 20.7 Å². The predicted octanol–water partition coefficient (Wildman–Crippen LogP) is 4.95. The minimum absolute atomic E-state index is 0.0748. The van der Waals surface area contributed by atoms with Gasteiger partial charge in [0.25, 0.3) is 0 Å². The van der Waals surface area contributed by atoms with Crippen molar-refractivity contribution in [3.05, 3.63) is 23.9 Å². The van der Waals surface area contributed by atoms with Crippen molar-refractivity contribution >= 4 is 28.8 Å². The van der Waals surface area contributed by atoms with E-state index < -0.39 is 47.1 Å². The van der Waals surface area contributed by atoms with Crippen LogP contribution in [0.4, 0.5) is 9.18 Å². The number of fused-ring (bicyclic) bond motifs is 5. The monoisotopic (exact) mass is 598 g/mol. The van der Waals surface area contributed by atoms with Crippen LogP contribution in [0.15, 0.2) is 18.2 Å². The lowest BCUT2D eigenvalue weighted by Gasteiger charge is -2.36. The summed E-state index contributed by atoms with van der Waals surface area (Å²) in [5, 5.41) is 2.74. The molecule has 2 aromatic rings. The summed E-state index contributed by atoms with van der Waals surface area (Å²) in [4.78, 5) is 50.9. The average molecular weight is 599 g/mol. The molecular weight excluding hydrogens is 555 g/mol. The summed E-state index contributed by atoms with van der Waals surface area (Å²) in [5.74, 6) is 0.0213. The van der Waals surface area contributed by atoms with Crippen LogP contribution in [-0.4, -0.2) is 76.3 Å². The smallest absolute Gasteiger partial charge is 0.408 e. The maximum atomic E-state index is 17.1. The highest BCUT2D eigenvalue weighted by Crippen LogP contribution is 2.41. The molecule has 1 aliphatic carbocycles. The van der Waals surface area contributed by atoms with Gasteiger partial charge >= 0.3 is 6.09 Å². The van der Waals surface area contributed by atoms with E-state index in [0.717, 1.165) is 32.1 Å². The second kappa shape index (κ2) is 11.9. The predicted molar refractivity (Wildman–Crippen MR) is 158 cm³/mol. The molecule has 1 saturated carbocycles. The molecule has 0 unspecified atom stereocenters. The number of benzene rings is 1. The molecular formula is C32H43FN4O6. The number of aryl methyl sites for hydroxylation is 1. The third-order valence-corrected chi connectivity index (χ3v) is 9.01. The van der Waals surface area contributed by atoms with Crippen LogP contribution >= 0.6 is 0 Å². The number of aromatic nitrogens is 2. The SMILES string of the molecule is CC[C@]1(F)[C@@H]2CN(C(=O)[C@H](C(C)(C)C)NC(=O)O[C@@H]3C[C@H]3CCCCCc3nc4ccc(OC)cc4nc3O2)[C@@H]1C(C)=O. The molecule has 3 aliphatic rings. The highest BCUT2D eigenvalue weighted by molar-refractivity contribution is 5.93. The number of carbonyl (C=O) groups is 3. The van der Waals surface area contributed by atoms with E-state index in [1.807, 2.05) is 32.9 Å². The number of amides is 2. The molecule has 3 heterocycles. The standard InChI is InChI=1S/C32H43FN4O6/c1-7-32(33)25-17-37(27(32)18(2)38)29(39)26(31(3,4)5)36-30(40)42-24-15-19(24)11-9-8-10-12-22-28(43-25)35-23-16-20(41-6)13-14-21(23)34-22/h13-14,16,19,24-27H,7-12,15,17H2,1-6H3,(H,36,40)/t19-,24-,25+,26-,27-,32+/m1/s1. The number of carbonyl (C=O) groups excluding carboxylic acids is 3. The van der Waals surface area contributed by atoms with Gasteiger partial charge in [0, 0.05) is 6.07 Å². The van der Waals surface area contributed by atoms with Crippen molar-refractivity contribution in [3.8, 4) is 11.6 Å². The van der Waals surface area contributed by atoms with Crippen molar-refractivity contribution in [1.82, 2.24) is 20.2 Å². The third kappa shape index (κ3) is 6.26. The third-order valence-electron chi connectivity index (χ3n) is 9.01. The van der Waals surface area contributed by atoms with Crippen molar-refractivity contribution in [2.24, 2.45) is 11.3 Å². The first kappa shape index (κ1) is 30.9. The number of ether oxygens (including phenoxy) is 3. The van der Waals surface area contributed by atoms with E-state index in [1.165, 1.54) is 11.8 Å². The molecule has 1 aromatic heterocycles. The Balaban J connectivity index is 1.57. The number of nitrogens with one attached hydrogen (secondary N) is 1. The molecule has 5 rings (SSSR count). The van der Waals surface area contributed by atoms with Crippen LogP contribution in [0.25, 0.3) is 11.0 Å². The van der Waals surface area contributed by atoms with E-state index in [2.05, 4.69) is 5.32 Å². The van der Waals surface area contributed by atoms with Crippen molar-refractivity contribution in [2.75, 3.05) is 13.7 Å². The van der Waals surface area contributed by atoms with Gasteiger partial charge in [0.1, 0.15) is 29.6 Å². The average Bonchev–Trinajstić information content (AvgIpc) is 3.61. The molecule has 2 amide bonds. The van der Waals surface area contributed by atoms with Gasteiger partial charge in [-0.15, -0.1) is 0 Å². The zero-order chi connectivity index (χ0) is 31.1. The summed E-state index contributed by atoms with van der Waals surface area (Å²) in [6.07, 6.45) is 2.88. The second-order valence-corrected chi connectivity index (χ2v) is 13.2. The summed E-state index contributed by atoms with van der Waals surface area (Å²) in [6.45, 7) is 8.14. The second-order valence-electron chi connectivity index (χ2n) is 13.2. The maximum absolute atomic E-state index is 17.1. The van der Waals surface area contributed by atoms with E-state index in [-0.39, 0.29) is 24.9 Å². The number of hydrogen-bond donors (Lipinski definition) is 1. The van der Waals surface area contributed by atoms with Gasteiger partial charge in [-0.1, -0.05) is 40.5 Å². The van der Waals surface area contributed by atoms with E-state index in [9.17, 15) is 14.4 Å². The van der Waals surface area contributed by atoms with Crippen LogP contribution in [0.2, 0.25) is 0 Å². The molecule has 2 bridgehead atoms. The number of hydrogen-bond acceptors (Lipinski definition) is 8. The summed E-state index contributed by atoms with van der Waals surface area (Å²) in [5.41, 5.74) is -1.14. The zero-order valence-corrected chi connectivity index (χ0v) is 25.9. The molecule has 0 spiro atoms. The maximum Gasteiger partial charge on any atom is 0.408 e. The highest BCUT2D eigenvalue weighted by Gasteiger charge is 2.60. The fraction of sp³-hybridized carbons (Fsp3) is 0.656. The topological polar surface area (TPSA) is 120 Å². The Bertz CT molecular complexity index is 1400. The first-order valence-corrected chi connectivity index (χ1v) is 15.3. The summed E-state index contributed by atoms with van der Waals surface area (Å²) in [7, 11) is 1.56. The molecule has 1 N–H and O–H groups in total. The summed E-state index contributed by atoms with van der Waals surface area (Å²) < 4.78 is 34.5. The fourth-order valence-electron chi connectivity index (χ4n) is 6.42. The Labute approximate surface area is 252 Å². The van der Waals surface area contributed by atoms with E-state index >= 15 is 4.39 Å². The Kier molecular flexibility index (Phi) is 8.55. The number of alkyl carbamates (subject to hydrolysis) is 1. The number of rotatable bonds is 3. The Hall–Kier alpha value is -3.50. The lowest BCUT2D eigenvalue weighted by atomic mass is 9.85. The lowest BCUT2D eigenvalue weighted by molar-refractivity contribution is -0.143. The van der Waals surface area contributed by atoms with Gasteiger partial charge in [0.2, 0.25) is 11.8 Å². The first-order chi connectivity index (χ1) is 20.3. The molecule has 234 valence electrons. The Morgan fingerprint density at radius 1 is 1.16 bits per heavy atom. The normalized spacial score (nSPS) is 30.2. The van der Waals surface area contributed by atoms with Crippen LogP contribution in [0, 0.1) is 11.3 Å². The number of nitrogens with zero attached hydrogens (tertiary/aromatic N) is 3. The minimum atomic E-state index is -2.20. The molecule has 43 heavy (non-hydrogen) atoms. The fourth-order valence-corrected chi connectivity index (χ4v) is 6.42. The van der Waals surface area contributed by atoms with Gasteiger partial charge in [0.15, 0.2) is 17.6 Å². The summed E-state index contributed by atoms with van der Waals surface area (Å²) >= 11 is 0. The van der Waals surface area contributed by atoms with Gasteiger partial charge < -0.3 is 24.4 Å². The summed E-state index contributed by atoms with van der Waals surface area (Å²) in [6, 6.07) is 2.93. The van der Waals surface area contributed by atoms with Gasteiger partial charge in [-0.25, -0.2) is 19.2 Å². The molecule has 6 atom stereocenters. The van der Waals surface area contributed by atoms with Crippen LogP contribution < -0.4 is 14.8 Å². The van der Waals surface area contributed by atoms with Gasteiger partial charge in [-0.3, -0.25) is 9.59 Å². The largest absolute Gasteiger partial charge is 0.497 e. The molecule has 0 radical (unpaired) electrons. The van der Waals surface area contributed by atoms with Crippen LogP contribution in [0.3, 0.4) is 0 Å². The van der Waals surface area contributed by atoms with Crippen LogP contribution in [0.1, 0.15) is 78.8 Å². The molecule has 2 fully saturated rings. The van der Waals surface area contributed by atoms with Crippen molar-refractivity contribution < 1.29 is 33.0 Å². The van der Waals surface area contributed by atoms with Crippen molar-refractivity contribution in [3.63, 3.8) is 0 Å². The Morgan fingerprint density at radius 3 is 2.60 bits per heavy atom. The lowest BCUT2D eigenvalue weighted by Crippen LogP contribution is -2.58. The van der Waals surface area contributed by atoms with Gasteiger partial charge in [-0.05, 0) is 62.5 Å². The minimum Gasteiger partial charge on any atom is -0.497 e. The molecule has 1 saturated heterocycles. The molecule has 2 aliphatic heterocycles. The number of Topliss-reactive ketones (excluding diaryl/α,β-unsaturated/α-hetero) is 1. The number of halogens is 1. The van der Waals surface area contributed by atoms with E-state index in [0.29, 0.717) is 34.8 Å². The molecule has 11 heteroatoms. The highest BCUT2D eigenvalue weighted by atomic mass is 19.1. The van der Waals surface area contributed by atoms with Crippen molar-refractivity contribution in [1.29, 1.82) is 0 Å². The van der Waals surface area contributed by atoms with E-state index in [4.69, 9.17) is 24.2 Å². The molecule has 10 nitrogen and oxygen atoms in total. The van der Waals surface area contributed by atoms with Crippen LogP contribution in [0.5, 0.6) is 11.6 Å². The van der Waals surface area contributed by atoms with Gasteiger partial charge in [0.05, 0.1) is 24.7 Å².